The molecule has 5 nitrogen and oxygen atoms in total. The zero-order chi connectivity index (χ0) is 18.5. The molecule has 0 spiro atoms. The molecule has 0 atom stereocenters. The van der Waals surface area contributed by atoms with E-state index in [4.69, 9.17) is 17.0 Å². The van der Waals surface area contributed by atoms with Gasteiger partial charge in [-0.3, -0.25) is 0 Å². The predicted molar refractivity (Wildman–Crippen MR) is 106 cm³/mol. The van der Waals surface area contributed by atoms with Crippen molar-refractivity contribution in [3.8, 4) is 17.2 Å². The zero-order valence-corrected chi connectivity index (χ0v) is 15.7. The smallest absolute Gasteiger partial charge is 0.169 e. The molecule has 0 unspecified atom stereocenters. The number of nitrogens with one attached hydrogen (secondary N) is 1. The summed E-state index contributed by atoms with van der Waals surface area (Å²) >= 11 is 5.56. The second-order valence-electron chi connectivity index (χ2n) is 6.46. The van der Waals surface area contributed by atoms with Gasteiger partial charge in [0.25, 0.3) is 0 Å². The molecule has 2 aromatic carbocycles. The number of ether oxygens (including phenoxy) is 1. The molecule has 6 heteroatoms. The molecule has 0 fully saturated rings. The van der Waals surface area contributed by atoms with Crippen molar-refractivity contribution in [1.29, 1.82) is 0 Å². The third-order valence-corrected chi connectivity index (χ3v) is 5.07. The molecule has 2 aromatic rings. The molecule has 138 valence electrons. The van der Waals surface area contributed by atoms with Gasteiger partial charge in [0.1, 0.15) is 5.75 Å². The van der Waals surface area contributed by atoms with Gasteiger partial charge in [-0.15, -0.1) is 0 Å². The van der Waals surface area contributed by atoms with Crippen LogP contribution in [0.5, 0.6) is 17.2 Å². The largest absolute Gasteiger partial charge is 0.504 e. The number of hydrogen-bond donors (Lipinski definition) is 3. The highest BCUT2D eigenvalue weighted by molar-refractivity contribution is 7.80. The van der Waals surface area contributed by atoms with Gasteiger partial charge >= 0.3 is 0 Å². The van der Waals surface area contributed by atoms with Crippen LogP contribution in [0.15, 0.2) is 36.4 Å². The summed E-state index contributed by atoms with van der Waals surface area (Å²) in [7, 11) is 1.66. The second-order valence-corrected chi connectivity index (χ2v) is 6.85. The molecular formula is C20H24N2O3S. The van der Waals surface area contributed by atoms with E-state index in [0.29, 0.717) is 6.54 Å². The Balaban J connectivity index is 1.56. The predicted octanol–water partition coefficient (Wildman–Crippen LogP) is 2.97. The van der Waals surface area contributed by atoms with Crippen LogP contribution in [0.2, 0.25) is 0 Å². The molecule has 1 heterocycles. The number of aryl methyl sites for hydroxylation is 1. The van der Waals surface area contributed by atoms with Gasteiger partial charge in [-0.25, -0.2) is 0 Å². The van der Waals surface area contributed by atoms with Crippen molar-refractivity contribution in [3.05, 3.63) is 53.1 Å². The molecule has 3 N–H and O–H groups in total. The molecule has 3 rings (SSSR count). The lowest BCUT2D eigenvalue weighted by Crippen LogP contribution is -2.40. The quantitative estimate of drug-likeness (QED) is 0.566. The van der Waals surface area contributed by atoms with E-state index < -0.39 is 0 Å². The zero-order valence-electron chi connectivity index (χ0n) is 14.9. The number of nitrogens with zero attached hydrogens (tertiary/aromatic N) is 1. The summed E-state index contributed by atoms with van der Waals surface area (Å²) in [6, 6.07) is 11.3. The van der Waals surface area contributed by atoms with Crippen molar-refractivity contribution >= 4 is 17.3 Å². The summed E-state index contributed by atoms with van der Waals surface area (Å²) in [5.41, 5.74) is 3.31. The van der Waals surface area contributed by atoms with Crippen molar-refractivity contribution in [2.45, 2.75) is 25.8 Å². The Hall–Kier alpha value is -2.47. The minimum absolute atomic E-state index is 0.0580. The Morgan fingerprint density at radius 1 is 1.15 bits per heavy atom. The van der Waals surface area contributed by atoms with Gasteiger partial charge in [0.15, 0.2) is 16.6 Å². The molecule has 0 aliphatic carbocycles. The Morgan fingerprint density at radius 3 is 2.54 bits per heavy atom. The lowest BCUT2D eigenvalue weighted by molar-refractivity contribution is 0.397. The average molecular weight is 372 g/mol. The normalized spacial score (nSPS) is 13.7. The van der Waals surface area contributed by atoms with E-state index in [1.165, 1.54) is 5.56 Å². The fraction of sp³-hybridized carbons (Fsp3) is 0.350. The number of benzene rings is 2. The molecule has 0 saturated heterocycles. The maximum Gasteiger partial charge on any atom is 0.169 e. The summed E-state index contributed by atoms with van der Waals surface area (Å²) in [5, 5.41) is 23.5. The SMILES string of the molecule is COc1ccc(CCNC(=S)N2CCCc3cc(O)c(O)cc3C2)cc1. The molecule has 0 amide bonds. The van der Waals surface area contributed by atoms with Crippen molar-refractivity contribution in [2.75, 3.05) is 20.2 Å². The summed E-state index contributed by atoms with van der Waals surface area (Å²) in [4.78, 5) is 2.12. The van der Waals surface area contributed by atoms with Gasteiger partial charge in [0.2, 0.25) is 0 Å². The summed E-state index contributed by atoms with van der Waals surface area (Å²) in [5.74, 6) is 0.719. The van der Waals surface area contributed by atoms with Gasteiger partial charge < -0.3 is 25.2 Å². The highest BCUT2D eigenvalue weighted by Crippen LogP contribution is 2.31. The highest BCUT2D eigenvalue weighted by atomic mass is 32.1. The van der Waals surface area contributed by atoms with Gasteiger partial charge in [-0.2, -0.15) is 0 Å². The molecule has 0 radical (unpaired) electrons. The van der Waals surface area contributed by atoms with Crippen LogP contribution < -0.4 is 10.1 Å². The Bertz CT molecular complexity index is 777. The van der Waals surface area contributed by atoms with Gasteiger partial charge in [0.05, 0.1) is 7.11 Å². The molecular weight excluding hydrogens is 348 g/mol. The maximum atomic E-state index is 9.77. The van der Waals surface area contributed by atoms with Crippen LogP contribution in [0, 0.1) is 0 Å². The standard InChI is InChI=1S/C20H24N2O3S/c1-25-17-6-4-14(5-7-17)8-9-21-20(26)22-10-2-3-15-11-18(23)19(24)12-16(15)13-22/h4-7,11-12,23-24H,2-3,8-10,13H2,1H3,(H,21,26). The fourth-order valence-corrected chi connectivity index (χ4v) is 3.44. The van der Waals surface area contributed by atoms with Crippen LogP contribution in [-0.2, 0) is 19.4 Å². The molecule has 1 aliphatic heterocycles. The number of phenols is 2. The van der Waals surface area contributed by atoms with Crippen LogP contribution in [0.25, 0.3) is 0 Å². The van der Waals surface area contributed by atoms with E-state index >= 15 is 0 Å². The Labute approximate surface area is 159 Å². The van der Waals surface area contributed by atoms with Crippen LogP contribution in [-0.4, -0.2) is 40.4 Å². The fourth-order valence-electron chi connectivity index (χ4n) is 3.18. The van der Waals surface area contributed by atoms with E-state index in [2.05, 4.69) is 22.3 Å². The average Bonchev–Trinajstić information content (AvgIpc) is 2.85. The van der Waals surface area contributed by atoms with Crippen molar-refractivity contribution in [3.63, 3.8) is 0 Å². The Kier molecular flexibility index (Phi) is 5.83. The van der Waals surface area contributed by atoms with Crippen molar-refractivity contribution < 1.29 is 14.9 Å². The monoisotopic (exact) mass is 372 g/mol. The lowest BCUT2D eigenvalue weighted by atomic mass is 10.0. The summed E-state index contributed by atoms with van der Waals surface area (Å²) < 4.78 is 5.17. The van der Waals surface area contributed by atoms with Crippen molar-refractivity contribution in [1.82, 2.24) is 10.2 Å². The first-order valence-electron chi connectivity index (χ1n) is 8.76. The molecule has 0 bridgehead atoms. The second kappa shape index (κ2) is 8.27. The molecule has 0 aromatic heterocycles. The van der Waals surface area contributed by atoms with E-state index in [1.54, 1.807) is 19.2 Å². The topological polar surface area (TPSA) is 65.0 Å². The first kappa shape index (κ1) is 18.3. The van der Waals surface area contributed by atoms with Gasteiger partial charge in [-0.05, 0) is 72.4 Å². The number of thiocarbonyl (C=S) groups is 1. The number of phenolic OH excluding ortho intramolecular Hbond substituents is 2. The Morgan fingerprint density at radius 2 is 1.85 bits per heavy atom. The maximum absolute atomic E-state index is 9.77. The lowest BCUT2D eigenvalue weighted by Gasteiger charge is -2.24. The van der Waals surface area contributed by atoms with E-state index in [-0.39, 0.29) is 11.5 Å². The molecule has 26 heavy (non-hydrogen) atoms. The molecule has 1 aliphatic rings. The summed E-state index contributed by atoms with van der Waals surface area (Å²) in [6.07, 6.45) is 2.70. The highest BCUT2D eigenvalue weighted by Gasteiger charge is 2.18. The number of fused-ring (bicyclic) bond motifs is 1. The minimum Gasteiger partial charge on any atom is -0.504 e. The summed E-state index contributed by atoms with van der Waals surface area (Å²) in [6.45, 7) is 2.25. The number of hydrogen-bond acceptors (Lipinski definition) is 4. The van der Waals surface area contributed by atoms with Gasteiger partial charge in [-0.1, -0.05) is 12.1 Å². The minimum atomic E-state index is -0.0796. The number of methoxy groups -OCH3 is 1. The van der Waals surface area contributed by atoms with E-state index in [9.17, 15) is 10.2 Å². The third kappa shape index (κ3) is 4.38. The van der Waals surface area contributed by atoms with E-state index in [0.717, 1.165) is 54.3 Å². The third-order valence-electron chi connectivity index (χ3n) is 4.67. The van der Waals surface area contributed by atoms with Crippen LogP contribution in [0.3, 0.4) is 0 Å². The van der Waals surface area contributed by atoms with Crippen molar-refractivity contribution in [2.24, 2.45) is 0 Å². The first-order chi connectivity index (χ1) is 12.6. The number of rotatable bonds is 4. The first-order valence-corrected chi connectivity index (χ1v) is 9.17. The number of aromatic hydroxyl groups is 2. The van der Waals surface area contributed by atoms with Crippen LogP contribution in [0.1, 0.15) is 23.1 Å². The van der Waals surface area contributed by atoms with Crippen LogP contribution >= 0.6 is 12.2 Å². The van der Waals surface area contributed by atoms with Gasteiger partial charge in [0, 0.05) is 19.6 Å². The van der Waals surface area contributed by atoms with Crippen LogP contribution in [0.4, 0.5) is 0 Å². The van der Waals surface area contributed by atoms with E-state index in [1.807, 2.05) is 12.1 Å². The molecule has 0 saturated carbocycles.